The van der Waals surface area contributed by atoms with Crippen LogP contribution < -0.4 is 23.7 Å². The molecule has 0 bridgehead atoms. The number of fused-ring (bicyclic) bond motifs is 1. The third kappa shape index (κ3) is 3.38. The Bertz CT molecular complexity index is 829. The molecule has 2 aromatic carbocycles. The largest absolute Gasteiger partial charge is 0.497 e. The highest BCUT2D eigenvalue weighted by Crippen LogP contribution is 2.48. The number of benzene rings is 2. The SMILES string of the molecule is COc1ccc(C(O)C2CC(=O)c3c(cc(OC)c(OC)c3OC)O2)cc1. The molecule has 1 N–H and O–H groups in total. The molecule has 1 heterocycles. The van der Waals surface area contributed by atoms with E-state index in [4.69, 9.17) is 23.7 Å². The summed E-state index contributed by atoms with van der Waals surface area (Å²) in [5.74, 6) is 1.73. The van der Waals surface area contributed by atoms with Crippen molar-refractivity contribution in [3.05, 3.63) is 41.5 Å². The molecule has 7 nitrogen and oxygen atoms in total. The first-order valence-corrected chi connectivity index (χ1v) is 8.38. The number of aliphatic hydroxyl groups is 1. The molecular formula is C20H22O7. The van der Waals surface area contributed by atoms with Crippen LogP contribution in [0.3, 0.4) is 0 Å². The normalized spacial score (nSPS) is 16.8. The van der Waals surface area contributed by atoms with Crippen molar-refractivity contribution in [2.45, 2.75) is 18.6 Å². The summed E-state index contributed by atoms with van der Waals surface area (Å²) in [4.78, 5) is 12.8. The van der Waals surface area contributed by atoms with E-state index >= 15 is 0 Å². The van der Waals surface area contributed by atoms with Gasteiger partial charge in [0.05, 0.1) is 34.9 Å². The van der Waals surface area contributed by atoms with E-state index in [1.807, 2.05) is 0 Å². The maximum atomic E-state index is 12.8. The van der Waals surface area contributed by atoms with E-state index in [1.165, 1.54) is 21.3 Å². The van der Waals surface area contributed by atoms with Gasteiger partial charge in [-0.3, -0.25) is 4.79 Å². The Labute approximate surface area is 157 Å². The maximum Gasteiger partial charge on any atom is 0.204 e. The van der Waals surface area contributed by atoms with Gasteiger partial charge in [0, 0.05) is 6.07 Å². The van der Waals surface area contributed by atoms with Crippen molar-refractivity contribution in [1.29, 1.82) is 0 Å². The van der Waals surface area contributed by atoms with E-state index in [0.717, 1.165) is 0 Å². The molecule has 0 radical (unpaired) electrons. The zero-order valence-corrected chi connectivity index (χ0v) is 15.6. The predicted octanol–water partition coefficient (Wildman–Crippen LogP) is 2.79. The van der Waals surface area contributed by atoms with Crippen LogP contribution in [0.5, 0.6) is 28.7 Å². The lowest BCUT2D eigenvalue weighted by Crippen LogP contribution is -2.33. The molecule has 0 aliphatic carbocycles. The van der Waals surface area contributed by atoms with Gasteiger partial charge >= 0.3 is 0 Å². The van der Waals surface area contributed by atoms with E-state index in [9.17, 15) is 9.90 Å². The average molecular weight is 374 g/mol. The minimum Gasteiger partial charge on any atom is -0.497 e. The molecule has 144 valence electrons. The zero-order chi connectivity index (χ0) is 19.6. The van der Waals surface area contributed by atoms with E-state index in [0.29, 0.717) is 28.6 Å². The van der Waals surface area contributed by atoms with Crippen molar-refractivity contribution in [3.8, 4) is 28.7 Å². The van der Waals surface area contributed by atoms with E-state index in [-0.39, 0.29) is 23.5 Å². The third-order valence-electron chi connectivity index (χ3n) is 4.55. The molecule has 0 saturated heterocycles. The van der Waals surface area contributed by atoms with Gasteiger partial charge in [-0.2, -0.15) is 0 Å². The number of hydrogen-bond acceptors (Lipinski definition) is 7. The van der Waals surface area contributed by atoms with Crippen LogP contribution in [-0.2, 0) is 0 Å². The lowest BCUT2D eigenvalue weighted by Gasteiger charge is -2.30. The summed E-state index contributed by atoms with van der Waals surface area (Å²) in [6, 6.07) is 8.54. The summed E-state index contributed by atoms with van der Waals surface area (Å²) in [5, 5.41) is 10.7. The van der Waals surface area contributed by atoms with Crippen molar-refractivity contribution in [1.82, 2.24) is 0 Å². The van der Waals surface area contributed by atoms with Crippen molar-refractivity contribution in [2.75, 3.05) is 28.4 Å². The summed E-state index contributed by atoms with van der Waals surface area (Å²) < 4.78 is 27.1. The number of carbonyl (C=O) groups is 1. The van der Waals surface area contributed by atoms with E-state index in [2.05, 4.69) is 0 Å². The third-order valence-corrected chi connectivity index (χ3v) is 4.55. The van der Waals surface area contributed by atoms with Gasteiger partial charge < -0.3 is 28.8 Å². The second-order valence-corrected chi connectivity index (χ2v) is 6.02. The average Bonchev–Trinajstić information content (AvgIpc) is 2.71. The first-order chi connectivity index (χ1) is 13.0. The van der Waals surface area contributed by atoms with E-state index < -0.39 is 12.2 Å². The second-order valence-electron chi connectivity index (χ2n) is 6.02. The molecule has 27 heavy (non-hydrogen) atoms. The molecule has 0 aromatic heterocycles. The van der Waals surface area contributed by atoms with Crippen LogP contribution in [0.15, 0.2) is 30.3 Å². The first-order valence-electron chi connectivity index (χ1n) is 8.38. The van der Waals surface area contributed by atoms with Gasteiger partial charge in [-0.15, -0.1) is 0 Å². The molecule has 7 heteroatoms. The second kappa shape index (κ2) is 7.75. The summed E-state index contributed by atoms with van der Waals surface area (Å²) in [6.45, 7) is 0. The number of carbonyl (C=O) groups excluding carboxylic acids is 1. The summed E-state index contributed by atoms with van der Waals surface area (Å²) in [7, 11) is 5.97. The number of ketones is 1. The van der Waals surface area contributed by atoms with Gasteiger partial charge in [-0.25, -0.2) is 0 Å². The van der Waals surface area contributed by atoms with Crippen LogP contribution in [0.2, 0.25) is 0 Å². The smallest absolute Gasteiger partial charge is 0.204 e. The molecule has 1 aliphatic heterocycles. The monoisotopic (exact) mass is 374 g/mol. The van der Waals surface area contributed by atoms with Crippen LogP contribution in [0.25, 0.3) is 0 Å². The lowest BCUT2D eigenvalue weighted by molar-refractivity contribution is 0.0223. The number of hydrogen-bond donors (Lipinski definition) is 1. The quantitative estimate of drug-likeness (QED) is 0.832. The highest BCUT2D eigenvalue weighted by Gasteiger charge is 2.36. The van der Waals surface area contributed by atoms with Gasteiger partial charge in [0.15, 0.2) is 17.3 Å². The molecule has 0 fully saturated rings. The number of Topliss-reactive ketones (excluding diaryl/α,β-unsaturated/α-hetero) is 1. The van der Waals surface area contributed by atoms with Crippen molar-refractivity contribution in [2.24, 2.45) is 0 Å². The van der Waals surface area contributed by atoms with Gasteiger partial charge in [-0.05, 0) is 17.7 Å². The molecule has 2 aromatic rings. The Balaban J connectivity index is 1.96. The Kier molecular flexibility index (Phi) is 5.41. The molecule has 3 rings (SSSR count). The van der Waals surface area contributed by atoms with Gasteiger partial charge in [-0.1, -0.05) is 12.1 Å². The van der Waals surface area contributed by atoms with Gasteiger partial charge in [0.25, 0.3) is 0 Å². The van der Waals surface area contributed by atoms with Crippen LogP contribution in [0, 0.1) is 0 Å². The fourth-order valence-electron chi connectivity index (χ4n) is 3.17. The predicted molar refractivity (Wildman–Crippen MR) is 97.4 cm³/mol. The number of aliphatic hydroxyl groups excluding tert-OH is 1. The summed E-state index contributed by atoms with van der Waals surface area (Å²) >= 11 is 0. The van der Waals surface area contributed by atoms with Crippen LogP contribution >= 0.6 is 0 Å². The van der Waals surface area contributed by atoms with Crippen LogP contribution in [-0.4, -0.2) is 45.4 Å². The van der Waals surface area contributed by atoms with E-state index in [1.54, 1.807) is 37.4 Å². The molecule has 1 aliphatic rings. The molecule has 2 unspecified atom stereocenters. The van der Waals surface area contributed by atoms with Gasteiger partial charge in [0.1, 0.15) is 29.3 Å². The van der Waals surface area contributed by atoms with Gasteiger partial charge in [0.2, 0.25) is 5.75 Å². The Morgan fingerprint density at radius 1 is 1.00 bits per heavy atom. The summed E-state index contributed by atoms with van der Waals surface area (Å²) in [5.41, 5.74) is 0.915. The molecule has 0 amide bonds. The van der Waals surface area contributed by atoms with Crippen molar-refractivity contribution < 1.29 is 33.6 Å². The highest BCUT2D eigenvalue weighted by molar-refractivity contribution is 6.04. The molecule has 0 spiro atoms. The van der Waals surface area contributed by atoms with Crippen LogP contribution in [0.4, 0.5) is 0 Å². The number of ether oxygens (including phenoxy) is 5. The standard InChI is InChI=1S/C20H22O7/c1-23-12-7-5-11(6-8-12)18(22)15-9-13(21)17-14(27-15)10-16(24-2)19(25-3)20(17)26-4/h5-8,10,15,18,22H,9H2,1-4H3. The topological polar surface area (TPSA) is 83.5 Å². The minimum atomic E-state index is -0.980. The van der Waals surface area contributed by atoms with Crippen molar-refractivity contribution in [3.63, 3.8) is 0 Å². The molecule has 2 atom stereocenters. The summed E-state index contributed by atoms with van der Waals surface area (Å²) in [6.07, 6.45) is -1.71. The fraction of sp³-hybridized carbons (Fsp3) is 0.350. The van der Waals surface area contributed by atoms with Crippen molar-refractivity contribution >= 4 is 5.78 Å². The zero-order valence-electron chi connectivity index (χ0n) is 15.6. The Hall–Kier alpha value is -2.93. The molecular weight excluding hydrogens is 352 g/mol. The Morgan fingerprint density at radius 2 is 1.67 bits per heavy atom. The maximum absolute atomic E-state index is 12.8. The number of rotatable bonds is 6. The number of methoxy groups -OCH3 is 4. The minimum absolute atomic E-state index is 0.00599. The van der Waals surface area contributed by atoms with Crippen LogP contribution in [0.1, 0.15) is 28.4 Å². The highest BCUT2D eigenvalue weighted by atomic mass is 16.5. The first kappa shape index (κ1) is 18.8. The Morgan fingerprint density at radius 3 is 2.22 bits per heavy atom. The lowest BCUT2D eigenvalue weighted by atomic mass is 9.93. The fourth-order valence-corrected chi connectivity index (χ4v) is 3.17. The molecule has 0 saturated carbocycles.